The van der Waals surface area contributed by atoms with Gasteiger partial charge in [-0.2, -0.15) is 13.2 Å². The van der Waals surface area contributed by atoms with Gasteiger partial charge in [-0.15, -0.1) is 10.2 Å². The van der Waals surface area contributed by atoms with Crippen molar-refractivity contribution in [1.82, 2.24) is 19.6 Å². The Labute approximate surface area is 122 Å². The molecule has 114 valence electrons. The molecule has 0 aliphatic carbocycles. The van der Waals surface area contributed by atoms with Crippen LogP contribution in [0, 0.1) is 0 Å². The lowest BCUT2D eigenvalue weighted by Gasteiger charge is -2.13. The van der Waals surface area contributed by atoms with Gasteiger partial charge in [-0.1, -0.05) is 18.2 Å². The van der Waals surface area contributed by atoms with E-state index in [1.54, 1.807) is 12.3 Å². The summed E-state index contributed by atoms with van der Waals surface area (Å²) < 4.78 is 40.3. The molecule has 0 aliphatic rings. The molecule has 0 spiro atoms. The van der Waals surface area contributed by atoms with Crippen LogP contribution in [0.1, 0.15) is 11.1 Å². The SMILES string of the molecule is Nc1nnc2c(NCc3ccccc3C(F)(F)F)nccn12. The minimum Gasteiger partial charge on any atom is -0.368 e. The Morgan fingerprint density at radius 3 is 2.73 bits per heavy atom. The molecule has 0 saturated heterocycles. The number of benzene rings is 1. The van der Waals surface area contributed by atoms with E-state index in [9.17, 15) is 13.2 Å². The van der Waals surface area contributed by atoms with E-state index in [1.807, 2.05) is 0 Å². The molecule has 0 saturated carbocycles. The van der Waals surface area contributed by atoms with Crippen molar-refractivity contribution >= 4 is 17.4 Å². The van der Waals surface area contributed by atoms with E-state index in [0.717, 1.165) is 6.07 Å². The number of nitrogens with zero attached hydrogens (tertiary/aromatic N) is 4. The van der Waals surface area contributed by atoms with E-state index in [1.165, 1.54) is 22.7 Å². The van der Waals surface area contributed by atoms with Crippen molar-refractivity contribution in [3.63, 3.8) is 0 Å². The minimum atomic E-state index is -4.41. The number of nitrogens with one attached hydrogen (secondary N) is 1. The normalized spacial score (nSPS) is 11.8. The highest BCUT2D eigenvalue weighted by Crippen LogP contribution is 2.32. The summed E-state index contributed by atoms with van der Waals surface area (Å²) in [6.45, 7) is -0.0465. The van der Waals surface area contributed by atoms with Gasteiger partial charge in [0.05, 0.1) is 5.56 Å². The summed E-state index contributed by atoms with van der Waals surface area (Å²) in [6, 6.07) is 5.36. The summed E-state index contributed by atoms with van der Waals surface area (Å²) >= 11 is 0. The lowest BCUT2D eigenvalue weighted by Crippen LogP contribution is -2.12. The summed E-state index contributed by atoms with van der Waals surface area (Å²) in [6.07, 6.45) is -1.37. The molecule has 6 nitrogen and oxygen atoms in total. The van der Waals surface area contributed by atoms with E-state index in [-0.39, 0.29) is 18.1 Å². The van der Waals surface area contributed by atoms with Crippen LogP contribution in [0.15, 0.2) is 36.7 Å². The zero-order valence-corrected chi connectivity index (χ0v) is 11.2. The molecule has 1 aromatic carbocycles. The zero-order chi connectivity index (χ0) is 15.7. The number of nitrogens with two attached hydrogens (primary N) is 1. The lowest BCUT2D eigenvalue weighted by molar-refractivity contribution is -0.138. The fourth-order valence-electron chi connectivity index (χ4n) is 2.10. The molecule has 2 heterocycles. The van der Waals surface area contributed by atoms with E-state index in [2.05, 4.69) is 20.5 Å². The quantitative estimate of drug-likeness (QED) is 0.776. The van der Waals surface area contributed by atoms with Gasteiger partial charge < -0.3 is 11.1 Å². The maximum atomic E-state index is 12.9. The van der Waals surface area contributed by atoms with Gasteiger partial charge in [0, 0.05) is 18.9 Å². The second-order valence-corrected chi connectivity index (χ2v) is 4.54. The third-order valence-corrected chi connectivity index (χ3v) is 3.12. The maximum absolute atomic E-state index is 12.9. The Bertz CT molecular complexity index is 811. The van der Waals surface area contributed by atoms with E-state index >= 15 is 0 Å². The smallest absolute Gasteiger partial charge is 0.368 e. The van der Waals surface area contributed by atoms with Gasteiger partial charge in [-0.05, 0) is 11.6 Å². The van der Waals surface area contributed by atoms with Crippen molar-refractivity contribution in [2.45, 2.75) is 12.7 Å². The van der Waals surface area contributed by atoms with Crippen molar-refractivity contribution in [3.8, 4) is 0 Å². The first-order valence-electron chi connectivity index (χ1n) is 6.31. The van der Waals surface area contributed by atoms with Crippen LogP contribution in [0.2, 0.25) is 0 Å². The highest BCUT2D eigenvalue weighted by atomic mass is 19.4. The maximum Gasteiger partial charge on any atom is 0.416 e. The average Bonchev–Trinajstić information content (AvgIpc) is 2.87. The summed E-state index contributed by atoms with van der Waals surface area (Å²) in [5.74, 6) is 0.486. The number of fused-ring (bicyclic) bond motifs is 1. The van der Waals surface area contributed by atoms with Crippen LogP contribution in [0.3, 0.4) is 0 Å². The molecule has 3 rings (SSSR count). The van der Waals surface area contributed by atoms with Gasteiger partial charge in [0.1, 0.15) is 0 Å². The van der Waals surface area contributed by atoms with Crippen LogP contribution in [0.4, 0.5) is 24.9 Å². The predicted molar refractivity (Wildman–Crippen MR) is 74.0 cm³/mol. The number of alkyl halides is 3. The molecule has 9 heteroatoms. The standard InChI is InChI=1S/C13H11F3N6/c14-13(15,16)9-4-2-1-3-8(9)7-19-10-11-20-21-12(17)22(11)6-5-18-10/h1-6H,7H2,(H2,17,21)(H,18,19). The monoisotopic (exact) mass is 308 g/mol. The second-order valence-electron chi connectivity index (χ2n) is 4.54. The van der Waals surface area contributed by atoms with E-state index < -0.39 is 11.7 Å². The fourth-order valence-corrected chi connectivity index (χ4v) is 2.10. The van der Waals surface area contributed by atoms with Gasteiger partial charge in [-0.25, -0.2) is 4.98 Å². The Morgan fingerprint density at radius 2 is 1.95 bits per heavy atom. The summed E-state index contributed by atoms with van der Waals surface area (Å²) in [4.78, 5) is 4.06. The predicted octanol–water partition coefficient (Wildman–Crippen LogP) is 2.34. The first-order chi connectivity index (χ1) is 10.5. The first-order valence-corrected chi connectivity index (χ1v) is 6.31. The van der Waals surface area contributed by atoms with Gasteiger partial charge in [0.25, 0.3) is 0 Å². The summed E-state index contributed by atoms with van der Waals surface area (Å²) in [5.41, 5.74) is 5.40. The highest BCUT2D eigenvalue weighted by molar-refractivity contribution is 5.63. The summed E-state index contributed by atoms with van der Waals surface area (Å²) in [7, 11) is 0. The third-order valence-electron chi connectivity index (χ3n) is 3.12. The molecule has 3 aromatic rings. The van der Waals surface area contributed by atoms with Crippen molar-refractivity contribution in [2.75, 3.05) is 11.1 Å². The van der Waals surface area contributed by atoms with Gasteiger partial charge in [0.15, 0.2) is 5.82 Å². The van der Waals surface area contributed by atoms with Crippen LogP contribution < -0.4 is 11.1 Å². The van der Waals surface area contributed by atoms with Crippen molar-refractivity contribution in [2.24, 2.45) is 0 Å². The molecule has 0 aliphatic heterocycles. The molecule has 22 heavy (non-hydrogen) atoms. The number of halogens is 3. The summed E-state index contributed by atoms with van der Waals surface area (Å²) in [5, 5.41) is 10.4. The lowest BCUT2D eigenvalue weighted by atomic mass is 10.1. The van der Waals surface area contributed by atoms with Crippen molar-refractivity contribution in [1.29, 1.82) is 0 Å². The van der Waals surface area contributed by atoms with Crippen LogP contribution in [-0.4, -0.2) is 19.6 Å². The molecule has 0 atom stereocenters. The molecule has 0 fully saturated rings. The average molecular weight is 308 g/mol. The largest absolute Gasteiger partial charge is 0.416 e. The minimum absolute atomic E-state index is 0.0465. The Kier molecular flexibility index (Phi) is 3.32. The topological polar surface area (TPSA) is 81.1 Å². The first kappa shape index (κ1) is 14.1. The van der Waals surface area contributed by atoms with Crippen LogP contribution in [0.5, 0.6) is 0 Å². The number of nitrogen functional groups attached to an aromatic ring is 1. The molecular formula is C13H11F3N6. The number of hydrogen-bond acceptors (Lipinski definition) is 5. The molecule has 0 amide bonds. The highest BCUT2D eigenvalue weighted by Gasteiger charge is 2.32. The number of anilines is 2. The molecule has 0 bridgehead atoms. The van der Waals surface area contributed by atoms with E-state index in [4.69, 9.17) is 5.73 Å². The van der Waals surface area contributed by atoms with Crippen LogP contribution >= 0.6 is 0 Å². The molecule has 0 radical (unpaired) electrons. The van der Waals surface area contributed by atoms with Gasteiger partial charge in [-0.3, -0.25) is 4.40 Å². The molecular weight excluding hydrogens is 297 g/mol. The van der Waals surface area contributed by atoms with Gasteiger partial charge in [0.2, 0.25) is 11.6 Å². The molecule has 2 aromatic heterocycles. The van der Waals surface area contributed by atoms with Crippen LogP contribution in [-0.2, 0) is 12.7 Å². The zero-order valence-electron chi connectivity index (χ0n) is 11.2. The Balaban J connectivity index is 1.89. The third kappa shape index (κ3) is 2.52. The fraction of sp³-hybridized carbons (Fsp3) is 0.154. The molecule has 3 N–H and O–H groups in total. The van der Waals surface area contributed by atoms with Gasteiger partial charge >= 0.3 is 6.18 Å². The number of hydrogen-bond donors (Lipinski definition) is 2. The van der Waals surface area contributed by atoms with Crippen molar-refractivity contribution in [3.05, 3.63) is 47.8 Å². The molecule has 0 unspecified atom stereocenters. The number of rotatable bonds is 3. The Morgan fingerprint density at radius 1 is 1.18 bits per heavy atom. The van der Waals surface area contributed by atoms with Crippen molar-refractivity contribution < 1.29 is 13.2 Å². The van der Waals surface area contributed by atoms with E-state index in [0.29, 0.717) is 11.5 Å². The second kappa shape index (κ2) is 5.17. The number of aromatic nitrogens is 4. The Hall–Kier alpha value is -2.84. The van der Waals surface area contributed by atoms with Crippen LogP contribution in [0.25, 0.3) is 5.65 Å².